The Balaban J connectivity index is 0. The summed E-state index contributed by atoms with van der Waals surface area (Å²) in [6.45, 7) is 12.4. The van der Waals surface area contributed by atoms with Crippen molar-refractivity contribution >= 4 is 5.97 Å². The number of halogens is 2. The SMILES string of the molecule is CC(=O)[O][Ti+2][C]1=C(C)C(C)=C(C)C1(C)C.[Cl-].[Cl-]. The van der Waals surface area contributed by atoms with Crippen LogP contribution in [0.5, 0.6) is 0 Å². The summed E-state index contributed by atoms with van der Waals surface area (Å²) in [7, 11) is 0. The number of allylic oxidation sites excluding steroid dienone is 4. The van der Waals surface area contributed by atoms with Gasteiger partial charge >= 0.3 is 101 Å². The molecule has 0 spiro atoms. The Labute approximate surface area is 125 Å². The second-order valence-corrected chi connectivity index (χ2v) is 5.99. The fraction of sp³-hybridized carbons (Fsp3) is 0.583. The molecule has 0 aromatic heterocycles. The minimum Gasteiger partial charge on any atom is -1.00 e. The Hall–Kier alpha value is 0.244. The van der Waals surface area contributed by atoms with Crippen molar-refractivity contribution in [2.24, 2.45) is 5.41 Å². The van der Waals surface area contributed by atoms with E-state index in [0.29, 0.717) is 0 Å². The third-order valence-electron chi connectivity index (χ3n) is 3.36. The first-order valence-electron chi connectivity index (χ1n) is 5.11. The normalized spacial score (nSPS) is 17.1. The average molecular weight is 313 g/mol. The van der Waals surface area contributed by atoms with Crippen molar-refractivity contribution in [2.45, 2.75) is 41.5 Å². The summed E-state index contributed by atoms with van der Waals surface area (Å²) < 4.78 is 6.58. The molecule has 1 aliphatic rings. The molecule has 0 amide bonds. The Kier molecular flexibility index (Phi) is 8.05. The molecule has 0 saturated heterocycles. The van der Waals surface area contributed by atoms with Crippen LogP contribution in [-0.2, 0) is 27.7 Å². The molecule has 0 N–H and O–H groups in total. The van der Waals surface area contributed by atoms with Crippen LogP contribution in [0.15, 0.2) is 20.6 Å². The molecule has 0 aromatic rings. The zero-order valence-electron chi connectivity index (χ0n) is 11.1. The maximum absolute atomic E-state index is 10.9. The van der Waals surface area contributed by atoms with E-state index >= 15 is 0 Å². The third-order valence-corrected chi connectivity index (χ3v) is 5.85. The van der Waals surface area contributed by atoms with E-state index in [-0.39, 0.29) is 36.2 Å². The summed E-state index contributed by atoms with van der Waals surface area (Å²) in [6.07, 6.45) is 0. The largest absolute Gasteiger partial charge is 1.00 e. The molecule has 0 saturated carbocycles. The van der Waals surface area contributed by atoms with Crippen LogP contribution in [-0.4, -0.2) is 5.97 Å². The van der Waals surface area contributed by atoms with Crippen LogP contribution in [0.4, 0.5) is 0 Å². The van der Waals surface area contributed by atoms with Gasteiger partial charge in [-0.15, -0.1) is 0 Å². The number of carbonyl (C=O) groups is 1. The van der Waals surface area contributed by atoms with Gasteiger partial charge in [-0.05, 0) is 0 Å². The van der Waals surface area contributed by atoms with E-state index in [4.69, 9.17) is 3.32 Å². The van der Waals surface area contributed by atoms with Crippen LogP contribution in [0.1, 0.15) is 41.5 Å². The maximum atomic E-state index is 10.9. The molecule has 0 bridgehead atoms. The van der Waals surface area contributed by atoms with Gasteiger partial charge in [-0.2, -0.15) is 0 Å². The number of rotatable bonds is 2. The fourth-order valence-corrected chi connectivity index (χ4v) is 3.53. The van der Waals surface area contributed by atoms with Crippen molar-refractivity contribution in [3.05, 3.63) is 20.6 Å². The van der Waals surface area contributed by atoms with Crippen molar-refractivity contribution in [1.82, 2.24) is 0 Å². The molecular formula is C12H18Cl2O2Ti. The van der Waals surface area contributed by atoms with Crippen LogP contribution >= 0.6 is 0 Å². The van der Waals surface area contributed by atoms with Gasteiger partial charge in [-0.1, -0.05) is 0 Å². The van der Waals surface area contributed by atoms with Crippen LogP contribution in [0, 0.1) is 5.41 Å². The first-order valence-corrected chi connectivity index (χ1v) is 6.53. The maximum Gasteiger partial charge on any atom is -1.00 e. The summed E-state index contributed by atoms with van der Waals surface area (Å²) >= 11 is -0.756. The van der Waals surface area contributed by atoms with Crippen LogP contribution in [0.2, 0.25) is 0 Å². The Bertz CT molecular complexity index is 371. The molecule has 0 aromatic carbocycles. The molecule has 0 heterocycles. The monoisotopic (exact) mass is 312 g/mol. The minimum absolute atomic E-state index is 0. The third kappa shape index (κ3) is 3.85. The molecule has 0 unspecified atom stereocenters. The first kappa shape index (κ1) is 19.6. The summed E-state index contributed by atoms with van der Waals surface area (Å²) in [6, 6.07) is 0. The van der Waals surface area contributed by atoms with Crippen molar-refractivity contribution in [1.29, 1.82) is 0 Å². The van der Waals surface area contributed by atoms with Crippen molar-refractivity contribution in [3.8, 4) is 0 Å². The van der Waals surface area contributed by atoms with Crippen LogP contribution in [0.3, 0.4) is 0 Å². The zero-order valence-corrected chi connectivity index (χ0v) is 14.1. The van der Waals surface area contributed by atoms with Gasteiger partial charge in [-0.25, -0.2) is 0 Å². The average Bonchev–Trinajstić information content (AvgIpc) is 2.26. The smallest absolute Gasteiger partial charge is 1.00 e. The van der Waals surface area contributed by atoms with Gasteiger partial charge < -0.3 is 24.8 Å². The van der Waals surface area contributed by atoms with Gasteiger partial charge in [0.1, 0.15) is 0 Å². The molecule has 0 aliphatic heterocycles. The summed E-state index contributed by atoms with van der Waals surface area (Å²) in [5, 5.41) is 0. The molecule has 1 aliphatic carbocycles. The van der Waals surface area contributed by atoms with E-state index < -0.39 is 19.5 Å². The topological polar surface area (TPSA) is 26.3 Å². The van der Waals surface area contributed by atoms with Crippen LogP contribution < -0.4 is 24.8 Å². The van der Waals surface area contributed by atoms with E-state index in [1.807, 2.05) is 0 Å². The molecular weight excluding hydrogens is 295 g/mol. The van der Waals surface area contributed by atoms with E-state index in [1.54, 1.807) is 0 Å². The summed E-state index contributed by atoms with van der Waals surface area (Å²) in [5.41, 5.74) is 4.19. The number of carbonyl (C=O) groups excluding carboxylic acids is 1. The van der Waals surface area contributed by atoms with E-state index in [1.165, 1.54) is 27.5 Å². The van der Waals surface area contributed by atoms with Crippen molar-refractivity contribution in [2.75, 3.05) is 0 Å². The summed E-state index contributed by atoms with van der Waals surface area (Å²) in [5.74, 6) is -0.159. The Morgan fingerprint density at radius 2 is 1.59 bits per heavy atom. The van der Waals surface area contributed by atoms with E-state index in [2.05, 4.69) is 34.6 Å². The molecule has 17 heavy (non-hydrogen) atoms. The molecule has 5 heteroatoms. The van der Waals surface area contributed by atoms with Gasteiger partial charge in [0.05, 0.1) is 0 Å². The van der Waals surface area contributed by atoms with E-state index in [0.717, 1.165) is 0 Å². The second-order valence-electron chi connectivity index (χ2n) is 4.57. The van der Waals surface area contributed by atoms with Gasteiger partial charge in [-0.3, -0.25) is 0 Å². The predicted octanol–water partition coefficient (Wildman–Crippen LogP) is -2.79. The molecule has 96 valence electrons. The van der Waals surface area contributed by atoms with Crippen LogP contribution in [0.25, 0.3) is 0 Å². The molecule has 0 fully saturated rings. The molecule has 0 radical (unpaired) electrons. The standard InChI is InChI=1S/C10H15.C2H4O2.2ClH.Ti/c1-7-6-10(4,5)9(3)8(7)2;1-2(3)4;;;/h1-5H3;1H3,(H,3,4);2*1H;/q;;;;+3/p-3. The molecule has 2 nitrogen and oxygen atoms in total. The minimum atomic E-state index is -0.756. The number of hydrogen-bond donors (Lipinski definition) is 0. The second kappa shape index (κ2) is 6.99. The van der Waals surface area contributed by atoms with Gasteiger partial charge in [0.2, 0.25) is 0 Å². The van der Waals surface area contributed by atoms with Gasteiger partial charge in [0.15, 0.2) is 0 Å². The molecule has 1 rings (SSSR count). The Morgan fingerprint density at radius 3 is 1.88 bits per heavy atom. The van der Waals surface area contributed by atoms with Gasteiger partial charge in [0, 0.05) is 0 Å². The van der Waals surface area contributed by atoms with Gasteiger partial charge in [0.25, 0.3) is 0 Å². The quantitative estimate of drug-likeness (QED) is 0.515. The predicted molar refractivity (Wildman–Crippen MR) is 56.6 cm³/mol. The number of hydrogen-bond acceptors (Lipinski definition) is 2. The fourth-order valence-electron chi connectivity index (χ4n) is 1.92. The zero-order chi connectivity index (χ0) is 11.8. The summed E-state index contributed by atoms with van der Waals surface area (Å²) in [4.78, 5) is 10.9. The molecule has 0 atom stereocenters. The Morgan fingerprint density at radius 1 is 1.12 bits per heavy atom. The van der Waals surface area contributed by atoms with Crippen molar-refractivity contribution < 1.29 is 52.5 Å². The van der Waals surface area contributed by atoms with E-state index in [9.17, 15) is 4.79 Å². The first-order chi connectivity index (χ1) is 6.78. The van der Waals surface area contributed by atoms with Crippen molar-refractivity contribution in [3.63, 3.8) is 0 Å².